The monoisotopic (exact) mass is 524 g/mol. The molecule has 0 aliphatic carbocycles. The van der Waals surface area contributed by atoms with Gasteiger partial charge in [-0.15, -0.1) is 0 Å². The van der Waals surface area contributed by atoms with E-state index in [0.29, 0.717) is 13.0 Å². The number of carbonyl (C=O) groups is 1. The first-order valence-corrected chi connectivity index (χ1v) is 15.1. The van der Waals surface area contributed by atoms with E-state index in [9.17, 15) is 4.79 Å². The minimum absolute atomic E-state index is 0.00765. The number of hydrogen-bond donors (Lipinski definition) is 0. The maximum absolute atomic E-state index is 12.8. The molecule has 0 aromatic heterocycles. The first kappa shape index (κ1) is 31.9. The molecule has 0 fully saturated rings. The quantitative estimate of drug-likeness (QED) is 0.0991. The molecule has 4 heteroatoms. The Kier molecular flexibility index (Phi) is 15.1. The lowest BCUT2D eigenvalue weighted by Crippen LogP contribution is -2.44. The highest BCUT2D eigenvalue weighted by atomic mass is 16.5. The van der Waals surface area contributed by atoms with Crippen LogP contribution >= 0.6 is 0 Å². The van der Waals surface area contributed by atoms with Crippen molar-refractivity contribution in [1.29, 1.82) is 0 Å². The largest absolute Gasteiger partial charge is 0.491 e. The smallest absolute Gasteiger partial charge is 0.314 e. The number of hydrogen-bond acceptors (Lipinski definition) is 3. The van der Waals surface area contributed by atoms with E-state index in [2.05, 4.69) is 76.5 Å². The Labute approximate surface area is 233 Å². The molecule has 212 valence electrons. The van der Waals surface area contributed by atoms with E-state index in [1.807, 2.05) is 13.0 Å². The number of carbonyl (C=O) groups excluding carboxylic acids is 1. The highest BCUT2D eigenvalue weighted by molar-refractivity contribution is 5.72. The number of benzene rings is 2. The number of unbranched alkanes of at least 4 members (excludes halogenated alkanes) is 7. The van der Waals surface area contributed by atoms with Gasteiger partial charge in [-0.3, -0.25) is 4.79 Å². The van der Waals surface area contributed by atoms with Gasteiger partial charge in [0.25, 0.3) is 0 Å². The Balaban J connectivity index is 1.64. The second-order valence-corrected chi connectivity index (χ2v) is 11.6. The third-order valence-corrected chi connectivity index (χ3v) is 7.34. The molecule has 2 atom stereocenters. The van der Waals surface area contributed by atoms with Crippen molar-refractivity contribution in [3.8, 4) is 5.75 Å². The number of aryl methyl sites for hydroxylation is 1. The predicted octanol–water partition coefficient (Wildman–Crippen LogP) is 8.37. The van der Waals surface area contributed by atoms with Gasteiger partial charge in [0.2, 0.25) is 0 Å². The molecule has 0 spiro atoms. The molecular formula is C34H54NO3+. The topological polar surface area (TPSA) is 35.5 Å². The van der Waals surface area contributed by atoms with Crippen LogP contribution < -0.4 is 4.74 Å². The molecule has 0 N–H and O–H groups in total. The minimum Gasteiger partial charge on any atom is -0.491 e. The van der Waals surface area contributed by atoms with Crippen LogP contribution in [-0.2, 0) is 22.5 Å². The fourth-order valence-corrected chi connectivity index (χ4v) is 5.04. The molecule has 2 rings (SSSR count). The lowest BCUT2D eigenvalue weighted by molar-refractivity contribution is -0.906. The Bertz CT molecular complexity index is 878. The van der Waals surface area contributed by atoms with Crippen LogP contribution in [-0.4, -0.2) is 43.8 Å². The van der Waals surface area contributed by atoms with Gasteiger partial charge in [-0.05, 0) is 43.9 Å². The highest BCUT2D eigenvalue weighted by Crippen LogP contribution is 2.19. The molecule has 0 amide bonds. The Morgan fingerprint density at radius 3 is 2.08 bits per heavy atom. The average molecular weight is 525 g/mol. The van der Waals surface area contributed by atoms with Crippen molar-refractivity contribution < 1.29 is 18.8 Å². The van der Waals surface area contributed by atoms with Gasteiger partial charge in [-0.1, -0.05) is 101 Å². The van der Waals surface area contributed by atoms with Crippen molar-refractivity contribution in [3.05, 3.63) is 65.7 Å². The fraction of sp³-hybridized carbons (Fsp3) is 0.618. The summed E-state index contributed by atoms with van der Waals surface area (Å²) in [7, 11) is 4.36. The zero-order valence-corrected chi connectivity index (χ0v) is 24.9. The van der Waals surface area contributed by atoms with Gasteiger partial charge in [0, 0.05) is 12.0 Å². The molecule has 2 aromatic rings. The van der Waals surface area contributed by atoms with Crippen molar-refractivity contribution in [2.24, 2.45) is 5.92 Å². The highest BCUT2D eigenvalue weighted by Gasteiger charge is 2.28. The molecule has 2 unspecified atom stereocenters. The van der Waals surface area contributed by atoms with Crippen molar-refractivity contribution in [2.45, 2.75) is 104 Å². The molecule has 0 radical (unpaired) electrons. The summed E-state index contributed by atoms with van der Waals surface area (Å²) >= 11 is 0. The van der Waals surface area contributed by atoms with Crippen LogP contribution in [0.2, 0.25) is 0 Å². The molecular weight excluding hydrogens is 470 g/mol. The Morgan fingerprint density at radius 2 is 1.45 bits per heavy atom. The van der Waals surface area contributed by atoms with E-state index < -0.39 is 0 Å². The van der Waals surface area contributed by atoms with Crippen LogP contribution in [0, 0.1) is 5.92 Å². The first-order chi connectivity index (χ1) is 18.3. The Morgan fingerprint density at radius 1 is 0.816 bits per heavy atom. The minimum atomic E-state index is -0.0986. The third kappa shape index (κ3) is 13.5. The molecule has 0 aliphatic rings. The fourth-order valence-electron chi connectivity index (χ4n) is 5.04. The maximum atomic E-state index is 12.8. The number of ether oxygens (including phenoxy) is 2. The maximum Gasteiger partial charge on any atom is 0.314 e. The summed E-state index contributed by atoms with van der Waals surface area (Å²) < 4.78 is 12.5. The lowest BCUT2D eigenvalue weighted by atomic mass is 10.0. The van der Waals surface area contributed by atoms with Crippen molar-refractivity contribution in [3.63, 3.8) is 0 Å². The summed E-state index contributed by atoms with van der Waals surface area (Å²) in [4.78, 5) is 12.8. The third-order valence-electron chi connectivity index (χ3n) is 7.34. The summed E-state index contributed by atoms with van der Waals surface area (Å²) in [6.07, 6.45) is 13.4. The van der Waals surface area contributed by atoms with Crippen LogP contribution in [0.25, 0.3) is 0 Å². The number of rotatable bonds is 20. The van der Waals surface area contributed by atoms with E-state index in [1.165, 1.54) is 62.5 Å². The van der Waals surface area contributed by atoms with E-state index in [4.69, 9.17) is 9.47 Å². The van der Waals surface area contributed by atoms with E-state index >= 15 is 0 Å². The van der Waals surface area contributed by atoms with Crippen molar-refractivity contribution >= 4 is 5.97 Å². The van der Waals surface area contributed by atoms with E-state index in [-0.39, 0.29) is 18.0 Å². The van der Waals surface area contributed by atoms with Crippen LogP contribution in [0.5, 0.6) is 5.75 Å². The van der Waals surface area contributed by atoms with Gasteiger partial charge in [0.05, 0.1) is 33.4 Å². The molecule has 0 saturated heterocycles. The first-order valence-electron chi connectivity index (χ1n) is 15.1. The summed E-state index contributed by atoms with van der Waals surface area (Å²) in [6, 6.07) is 19.0. The Hall–Kier alpha value is -2.33. The molecule has 4 nitrogen and oxygen atoms in total. The van der Waals surface area contributed by atoms with Crippen molar-refractivity contribution in [1.82, 2.24) is 0 Å². The zero-order valence-electron chi connectivity index (χ0n) is 24.9. The number of nitrogens with zero attached hydrogens (tertiary/aromatic N) is 1. The van der Waals surface area contributed by atoms with Gasteiger partial charge in [-0.25, -0.2) is 0 Å². The number of quaternary nitrogens is 1. The summed E-state index contributed by atoms with van der Waals surface area (Å²) in [5.74, 6) is 0.692. The normalized spacial score (nSPS) is 13.2. The van der Waals surface area contributed by atoms with Gasteiger partial charge in [-0.2, -0.15) is 0 Å². The molecule has 0 aliphatic heterocycles. The second-order valence-electron chi connectivity index (χ2n) is 11.6. The van der Waals surface area contributed by atoms with Gasteiger partial charge in [0.15, 0.2) is 0 Å². The standard InChI is InChI=1S/C34H54NO3/c1-6-8-9-10-11-12-13-15-18-30-21-23-33(24-22-30)38-29(3)25-26-37-34(36)32(7-2)28-35(4,5)27-31-19-16-14-17-20-31/h14,16-17,19-24,29,32H,6-13,15,18,25-28H2,1-5H3/q+1. The predicted molar refractivity (Wildman–Crippen MR) is 159 cm³/mol. The molecule has 2 aromatic carbocycles. The SMILES string of the molecule is CCCCCCCCCCc1ccc(OC(C)CCOC(=O)C(CC)C[N+](C)(C)Cc2ccccc2)cc1. The molecule has 0 heterocycles. The van der Waals surface area contributed by atoms with Crippen LogP contribution in [0.4, 0.5) is 0 Å². The van der Waals surface area contributed by atoms with Gasteiger partial charge >= 0.3 is 5.97 Å². The molecule has 0 saturated carbocycles. The molecule has 38 heavy (non-hydrogen) atoms. The average Bonchev–Trinajstić information content (AvgIpc) is 2.90. The zero-order chi connectivity index (χ0) is 27.6. The number of esters is 1. The van der Waals surface area contributed by atoms with Crippen molar-refractivity contribution in [2.75, 3.05) is 27.2 Å². The van der Waals surface area contributed by atoms with Crippen LogP contribution in [0.1, 0.15) is 96.1 Å². The van der Waals surface area contributed by atoms with Gasteiger partial charge < -0.3 is 14.0 Å². The molecule has 0 bridgehead atoms. The summed E-state index contributed by atoms with van der Waals surface area (Å²) in [6.45, 7) is 8.43. The second kappa shape index (κ2) is 18.0. The lowest BCUT2D eigenvalue weighted by Gasteiger charge is -2.32. The summed E-state index contributed by atoms with van der Waals surface area (Å²) in [5.41, 5.74) is 2.66. The van der Waals surface area contributed by atoms with E-state index in [1.54, 1.807) is 0 Å². The van der Waals surface area contributed by atoms with Gasteiger partial charge in [0.1, 0.15) is 18.2 Å². The van der Waals surface area contributed by atoms with Crippen LogP contribution in [0.3, 0.4) is 0 Å². The summed E-state index contributed by atoms with van der Waals surface area (Å²) in [5, 5.41) is 0. The van der Waals surface area contributed by atoms with E-state index in [0.717, 1.165) is 36.2 Å². The van der Waals surface area contributed by atoms with Crippen LogP contribution in [0.15, 0.2) is 54.6 Å².